The Morgan fingerprint density at radius 3 is 2.96 bits per heavy atom. The molecule has 2 aromatic heterocycles. The van der Waals surface area contributed by atoms with Gasteiger partial charge in [0.2, 0.25) is 4.96 Å². The molecule has 0 bridgehead atoms. The second-order valence-electron chi connectivity index (χ2n) is 4.74. The van der Waals surface area contributed by atoms with Crippen molar-refractivity contribution in [3.8, 4) is 11.4 Å². The molecule has 0 aliphatic heterocycles. The highest BCUT2D eigenvalue weighted by Gasteiger charge is 2.13. The number of aromatic nitrogens is 3. The molecule has 0 aliphatic rings. The number of primary amides is 1. The molecule has 0 fully saturated rings. The Labute approximate surface area is 133 Å². The molecule has 0 unspecified atom stereocenters. The molecule has 0 aliphatic carbocycles. The smallest absolute Gasteiger partial charge is 0.309 e. The number of nitrogens with two attached hydrogens (primary N) is 1. The summed E-state index contributed by atoms with van der Waals surface area (Å²) in [6, 6.07) is 6.05. The average molecular weight is 333 g/mol. The molecule has 118 valence electrons. The van der Waals surface area contributed by atoms with Gasteiger partial charge in [0.05, 0.1) is 5.69 Å². The quantitative estimate of drug-likeness (QED) is 0.687. The van der Waals surface area contributed by atoms with E-state index in [1.165, 1.54) is 23.5 Å². The lowest BCUT2D eigenvalue weighted by atomic mass is 10.2. The first kappa shape index (κ1) is 15.1. The minimum Gasteiger partial charge on any atom is -0.361 e. The van der Waals surface area contributed by atoms with Gasteiger partial charge in [-0.05, 0) is 12.1 Å². The van der Waals surface area contributed by atoms with Gasteiger partial charge in [-0.1, -0.05) is 12.1 Å². The number of rotatable bonds is 4. The summed E-state index contributed by atoms with van der Waals surface area (Å²) in [5, 5.41) is 8.64. The van der Waals surface area contributed by atoms with Crippen molar-refractivity contribution in [2.24, 2.45) is 5.73 Å². The van der Waals surface area contributed by atoms with Crippen LogP contribution >= 0.6 is 11.3 Å². The van der Waals surface area contributed by atoms with Crippen molar-refractivity contribution in [3.63, 3.8) is 0 Å². The Hall–Kier alpha value is -2.81. The second kappa shape index (κ2) is 6.13. The number of amides is 2. The normalized spacial score (nSPS) is 10.8. The van der Waals surface area contributed by atoms with Crippen molar-refractivity contribution < 1.29 is 14.0 Å². The number of benzene rings is 1. The summed E-state index contributed by atoms with van der Waals surface area (Å²) in [6.45, 7) is 0.253. The molecule has 0 saturated carbocycles. The summed E-state index contributed by atoms with van der Waals surface area (Å²) in [4.78, 5) is 26.8. The predicted molar refractivity (Wildman–Crippen MR) is 82.2 cm³/mol. The van der Waals surface area contributed by atoms with Crippen LogP contribution in [-0.2, 0) is 16.0 Å². The van der Waals surface area contributed by atoms with Gasteiger partial charge in [0.15, 0.2) is 5.82 Å². The fourth-order valence-corrected chi connectivity index (χ4v) is 2.89. The molecule has 2 amide bonds. The molecule has 2 heterocycles. The van der Waals surface area contributed by atoms with Crippen LogP contribution < -0.4 is 11.1 Å². The Morgan fingerprint density at radius 1 is 1.39 bits per heavy atom. The van der Waals surface area contributed by atoms with Crippen LogP contribution in [0.25, 0.3) is 16.3 Å². The van der Waals surface area contributed by atoms with Gasteiger partial charge in [0.1, 0.15) is 5.82 Å². The van der Waals surface area contributed by atoms with E-state index in [1.807, 2.05) is 5.38 Å². The lowest BCUT2D eigenvalue weighted by Gasteiger charge is -2.01. The summed E-state index contributed by atoms with van der Waals surface area (Å²) < 4.78 is 14.9. The lowest BCUT2D eigenvalue weighted by Crippen LogP contribution is -2.37. The molecule has 0 atom stereocenters. The molecule has 0 spiro atoms. The maximum absolute atomic E-state index is 13.3. The fraction of sp³-hybridized carbons (Fsp3) is 0.143. The molecule has 0 radical (unpaired) electrons. The van der Waals surface area contributed by atoms with Crippen molar-refractivity contribution in [2.75, 3.05) is 6.54 Å². The van der Waals surface area contributed by atoms with Crippen molar-refractivity contribution in [1.29, 1.82) is 0 Å². The van der Waals surface area contributed by atoms with Gasteiger partial charge >= 0.3 is 11.8 Å². The van der Waals surface area contributed by atoms with Crippen LogP contribution in [0, 0.1) is 5.82 Å². The van der Waals surface area contributed by atoms with Crippen LogP contribution in [0.3, 0.4) is 0 Å². The molecule has 3 aromatic rings. The van der Waals surface area contributed by atoms with Crippen molar-refractivity contribution in [1.82, 2.24) is 19.9 Å². The molecule has 9 heteroatoms. The maximum atomic E-state index is 13.3. The standard InChI is InChI=1S/C14H12FN5O2S/c15-9-3-1-2-8(6-9)12-18-14-20(19-12)10(7-23-14)4-5-17-13(22)11(16)21/h1-3,6-7H,4-5H2,(H2,16,21)(H,17,22). The maximum Gasteiger partial charge on any atom is 0.309 e. The third kappa shape index (κ3) is 3.19. The summed E-state index contributed by atoms with van der Waals surface area (Å²) >= 11 is 1.39. The van der Waals surface area contributed by atoms with Crippen LogP contribution in [0.2, 0.25) is 0 Å². The zero-order chi connectivity index (χ0) is 16.4. The number of carbonyl (C=O) groups excluding carboxylic acids is 2. The van der Waals surface area contributed by atoms with E-state index in [-0.39, 0.29) is 12.4 Å². The second-order valence-corrected chi connectivity index (χ2v) is 5.57. The number of nitrogens with one attached hydrogen (secondary N) is 1. The zero-order valence-corrected chi connectivity index (χ0v) is 12.6. The molecule has 23 heavy (non-hydrogen) atoms. The van der Waals surface area contributed by atoms with Crippen LogP contribution in [0.5, 0.6) is 0 Å². The van der Waals surface area contributed by atoms with E-state index in [0.29, 0.717) is 22.8 Å². The van der Waals surface area contributed by atoms with E-state index < -0.39 is 11.8 Å². The van der Waals surface area contributed by atoms with Crippen molar-refractivity contribution >= 4 is 28.1 Å². The molecule has 0 saturated heterocycles. The minimum atomic E-state index is -1.02. The van der Waals surface area contributed by atoms with Gasteiger partial charge in [-0.15, -0.1) is 16.4 Å². The number of hydrogen-bond donors (Lipinski definition) is 2. The van der Waals surface area contributed by atoms with Crippen LogP contribution in [-0.4, -0.2) is 33.0 Å². The van der Waals surface area contributed by atoms with Crippen LogP contribution in [0.4, 0.5) is 4.39 Å². The Balaban J connectivity index is 1.78. The van der Waals surface area contributed by atoms with Gasteiger partial charge in [0, 0.05) is 23.9 Å². The Morgan fingerprint density at radius 2 is 2.22 bits per heavy atom. The molecule has 3 N–H and O–H groups in total. The average Bonchev–Trinajstić information content (AvgIpc) is 3.08. The van der Waals surface area contributed by atoms with Gasteiger partial charge in [-0.2, -0.15) is 4.98 Å². The van der Waals surface area contributed by atoms with E-state index >= 15 is 0 Å². The topological polar surface area (TPSA) is 102 Å². The number of hydrogen-bond acceptors (Lipinski definition) is 5. The number of fused-ring (bicyclic) bond motifs is 1. The highest BCUT2D eigenvalue weighted by Crippen LogP contribution is 2.21. The Kier molecular flexibility index (Phi) is 4.02. The summed E-state index contributed by atoms with van der Waals surface area (Å²) in [7, 11) is 0. The van der Waals surface area contributed by atoms with Gasteiger partial charge in [-0.3, -0.25) is 9.59 Å². The Bertz CT molecular complexity index is 888. The first-order valence-electron chi connectivity index (χ1n) is 6.71. The third-order valence-electron chi connectivity index (χ3n) is 3.12. The highest BCUT2D eigenvalue weighted by molar-refractivity contribution is 7.15. The third-order valence-corrected chi connectivity index (χ3v) is 3.99. The largest absolute Gasteiger partial charge is 0.361 e. The molecular formula is C14H12FN5O2S. The predicted octanol–water partition coefficient (Wildman–Crippen LogP) is 0.741. The minimum absolute atomic E-state index is 0.253. The summed E-state index contributed by atoms with van der Waals surface area (Å²) in [6.07, 6.45) is 0.463. The fourth-order valence-electron chi connectivity index (χ4n) is 2.04. The van der Waals surface area contributed by atoms with E-state index in [2.05, 4.69) is 15.4 Å². The molecule has 1 aromatic carbocycles. The highest BCUT2D eigenvalue weighted by atomic mass is 32.1. The molecular weight excluding hydrogens is 321 g/mol. The van der Waals surface area contributed by atoms with Crippen molar-refractivity contribution in [2.45, 2.75) is 6.42 Å². The van der Waals surface area contributed by atoms with E-state index in [4.69, 9.17) is 5.73 Å². The number of nitrogens with zero attached hydrogens (tertiary/aromatic N) is 3. The van der Waals surface area contributed by atoms with Crippen LogP contribution in [0.15, 0.2) is 29.6 Å². The molecule has 7 nitrogen and oxygen atoms in total. The zero-order valence-electron chi connectivity index (χ0n) is 11.8. The van der Waals surface area contributed by atoms with E-state index in [9.17, 15) is 14.0 Å². The SMILES string of the molecule is NC(=O)C(=O)NCCc1csc2nc(-c3cccc(F)c3)nn12. The first-order chi connectivity index (χ1) is 11.0. The van der Waals surface area contributed by atoms with Gasteiger partial charge in [0.25, 0.3) is 0 Å². The van der Waals surface area contributed by atoms with E-state index in [1.54, 1.807) is 16.6 Å². The number of carbonyl (C=O) groups is 2. The number of thiazole rings is 1. The lowest BCUT2D eigenvalue weighted by molar-refractivity contribution is -0.137. The van der Waals surface area contributed by atoms with Crippen molar-refractivity contribution in [3.05, 3.63) is 41.2 Å². The monoisotopic (exact) mass is 333 g/mol. The summed E-state index contributed by atoms with van der Waals surface area (Å²) in [5.74, 6) is -1.76. The summed E-state index contributed by atoms with van der Waals surface area (Å²) in [5.41, 5.74) is 6.27. The van der Waals surface area contributed by atoms with Gasteiger partial charge < -0.3 is 11.1 Å². The van der Waals surface area contributed by atoms with Crippen LogP contribution in [0.1, 0.15) is 5.69 Å². The van der Waals surface area contributed by atoms with Gasteiger partial charge in [-0.25, -0.2) is 8.91 Å². The number of halogens is 1. The first-order valence-corrected chi connectivity index (χ1v) is 7.59. The molecule has 3 rings (SSSR count). The van der Waals surface area contributed by atoms with E-state index in [0.717, 1.165) is 5.69 Å².